The first-order valence-electron chi connectivity index (χ1n) is 2.92. The number of rotatable bonds is 1. The third kappa shape index (κ3) is 1.81. The molecule has 1 rings (SSSR count). The Labute approximate surface area is 62.2 Å². The standard InChI is InChI=1S/C6H8BO2P/c8-7(9)5-1-3-6(10)4-2-5/h1-4,8-9H,10H2. The minimum Gasteiger partial charge on any atom is -0.423 e. The van der Waals surface area contributed by atoms with Crippen molar-refractivity contribution in [1.29, 1.82) is 0 Å². The van der Waals surface area contributed by atoms with Crippen molar-refractivity contribution in [2.24, 2.45) is 0 Å². The van der Waals surface area contributed by atoms with Gasteiger partial charge in [-0.15, -0.1) is 9.24 Å². The first kappa shape index (κ1) is 7.74. The molecule has 0 aliphatic carbocycles. The van der Waals surface area contributed by atoms with Gasteiger partial charge in [0.2, 0.25) is 0 Å². The van der Waals surface area contributed by atoms with E-state index in [0.717, 1.165) is 5.30 Å². The van der Waals surface area contributed by atoms with E-state index in [2.05, 4.69) is 9.24 Å². The monoisotopic (exact) mass is 154 g/mol. The molecule has 0 aliphatic rings. The number of benzene rings is 1. The van der Waals surface area contributed by atoms with Crippen LogP contribution in [0.4, 0.5) is 0 Å². The lowest BCUT2D eigenvalue weighted by atomic mass is 9.81. The van der Waals surface area contributed by atoms with Gasteiger partial charge >= 0.3 is 7.12 Å². The molecule has 1 unspecified atom stereocenters. The lowest BCUT2D eigenvalue weighted by Crippen LogP contribution is -2.29. The molecule has 0 saturated heterocycles. The normalized spacial score (nSPS) is 9.50. The molecule has 2 N–H and O–H groups in total. The SMILES string of the molecule is OB(O)c1ccc(P)cc1. The summed E-state index contributed by atoms with van der Waals surface area (Å²) < 4.78 is 0. The summed E-state index contributed by atoms with van der Waals surface area (Å²) in [5, 5.41) is 18.4. The van der Waals surface area contributed by atoms with Gasteiger partial charge in [-0.3, -0.25) is 0 Å². The van der Waals surface area contributed by atoms with Gasteiger partial charge in [0, 0.05) is 0 Å². The topological polar surface area (TPSA) is 40.5 Å². The molecule has 0 bridgehead atoms. The van der Waals surface area contributed by atoms with E-state index in [9.17, 15) is 0 Å². The van der Waals surface area contributed by atoms with Crippen LogP contribution in [-0.2, 0) is 0 Å². The average molecular weight is 154 g/mol. The molecule has 0 heterocycles. The van der Waals surface area contributed by atoms with Gasteiger partial charge in [-0.25, -0.2) is 0 Å². The maximum absolute atomic E-state index is 8.66. The quantitative estimate of drug-likeness (QED) is 0.396. The average Bonchev–Trinajstić information content (AvgIpc) is 1.88. The van der Waals surface area contributed by atoms with Crippen molar-refractivity contribution in [1.82, 2.24) is 0 Å². The van der Waals surface area contributed by atoms with E-state index in [-0.39, 0.29) is 0 Å². The van der Waals surface area contributed by atoms with Crippen LogP contribution in [0.15, 0.2) is 24.3 Å². The van der Waals surface area contributed by atoms with Gasteiger partial charge < -0.3 is 10.0 Å². The van der Waals surface area contributed by atoms with Crippen LogP contribution in [0, 0.1) is 0 Å². The van der Waals surface area contributed by atoms with Crippen LogP contribution in [0.1, 0.15) is 0 Å². The highest BCUT2D eigenvalue weighted by atomic mass is 31.0. The third-order valence-corrected chi connectivity index (χ3v) is 1.62. The molecular formula is C6H8BO2P. The second-order valence-corrected chi connectivity index (χ2v) is 2.71. The van der Waals surface area contributed by atoms with Gasteiger partial charge in [0.05, 0.1) is 0 Å². The Bertz CT molecular complexity index is 209. The molecule has 1 atom stereocenters. The summed E-state index contributed by atoms with van der Waals surface area (Å²) in [6, 6.07) is 6.96. The van der Waals surface area contributed by atoms with E-state index in [1.807, 2.05) is 0 Å². The van der Waals surface area contributed by atoms with E-state index in [4.69, 9.17) is 10.0 Å². The molecule has 0 radical (unpaired) electrons. The van der Waals surface area contributed by atoms with Crippen molar-refractivity contribution in [3.8, 4) is 0 Å². The molecule has 0 amide bonds. The van der Waals surface area contributed by atoms with Gasteiger partial charge in [-0.1, -0.05) is 24.3 Å². The fourth-order valence-electron chi connectivity index (χ4n) is 0.668. The zero-order chi connectivity index (χ0) is 7.56. The van der Waals surface area contributed by atoms with E-state index < -0.39 is 7.12 Å². The van der Waals surface area contributed by atoms with Crippen LogP contribution in [0.2, 0.25) is 0 Å². The van der Waals surface area contributed by atoms with Crippen LogP contribution < -0.4 is 10.8 Å². The predicted molar refractivity (Wildman–Crippen MR) is 45.6 cm³/mol. The molecule has 52 valence electrons. The highest BCUT2D eigenvalue weighted by Crippen LogP contribution is 1.87. The Kier molecular flexibility index (Phi) is 2.44. The van der Waals surface area contributed by atoms with Gasteiger partial charge in [0.25, 0.3) is 0 Å². The fourth-order valence-corrected chi connectivity index (χ4v) is 0.861. The summed E-state index contributed by atoms with van der Waals surface area (Å²) in [5.41, 5.74) is 0.520. The molecule has 0 saturated carbocycles. The van der Waals surface area contributed by atoms with Crippen molar-refractivity contribution >= 4 is 27.1 Å². The second kappa shape index (κ2) is 3.15. The summed E-state index contributed by atoms with van der Waals surface area (Å²) in [7, 11) is 1.16. The Hall–Kier alpha value is -0.365. The van der Waals surface area contributed by atoms with Gasteiger partial charge in [0.1, 0.15) is 0 Å². The van der Waals surface area contributed by atoms with Crippen LogP contribution in [-0.4, -0.2) is 17.2 Å². The largest absolute Gasteiger partial charge is 0.488 e. The minimum atomic E-state index is -1.36. The van der Waals surface area contributed by atoms with E-state index in [1.54, 1.807) is 24.3 Å². The molecule has 1 aromatic carbocycles. The van der Waals surface area contributed by atoms with Crippen molar-refractivity contribution < 1.29 is 10.0 Å². The van der Waals surface area contributed by atoms with E-state index >= 15 is 0 Å². The molecule has 10 heavy (non-hydrogen) atoms. The summed E-state index contributed by atoms with van der Waals surface area (Å²) >= 11 is 0. The number of hydrogen-bond donors (Lipinski definition) is 2. The van der Waals surface area contributed by atoms with E-state index in [1.165, 1.54) is 0 Å². The molecule has 0 spiro atoms. The third-order valence-electron chi connectivity index (χ3n) is 1.23. The van der Waals surface area contributed by atoms with E-state index in [0.29, 0.717) is 5.46 Å². The fraction of sp³-hybridized carbons (Fsp3) is 0. The Morgan fingerprint density at radius 2 is 1.60 bits per heavy atom. The maximum atomic E-state index is 8.66. The lowest BCUT2D eigenvalue weighted by Gasteiger charge is -1.97. The van der Waals surface area contributed by atoms with Crippen molar-refractivity contribution in [3.63, 3.8) is 0 Å². The summed E-state index contributed by atoms with van der Waals surface area (Å²) in [6.07, 6.45) is 0. The highest BCUT2D eigenvalue weighted by molar-refractivity contribution is 7.27. The zero-order valence-electron chi connectivity index (χ0n) is 5.36. The zero-order valence-corrected chi connectivity index (χ0v) is 6.51. The maximum Gasteiger partial charge on any atom is 0.488 e. The van der Waals surface area contributed by atoms with Gasteiger partial charge in [-0.2, -0.15) is 0 Å². The Morgan fingerprint density at radius 3 is 2.00 bits per heavy atom. The van der Waals surface area contributed by atoms with Crippen LogP contribution in [0.3, 0.4) is 0 Å². The van der Waals surface area contributed by atoms with Gasteiger partial charge in [0.15, 0.2) is 0 Å². The van der Waals surface area contributed by atoms with Crippen LogP contribution in [0.5, 0.6) is 0 Å². The second-order valence-electron chi connectivity index (χ2n) is 2.04. The number of hydrogen-bond acceptors (Lipinski definition) is 2. The smallest absolute Gasteiger partial charge is 0.423 e. The Balaban J connectivity index is 2.89. The summed E-state index contributed by atoms with van der Waals surface area (Å²) in [4.78, 5) is 0. The molecule has 4 heteroatoms. The minimum absolute atomic E-state index is 0.520. The Morgan fingerprint density at radius 1 is 1.10 bits per heavy atom. The predicted octanol–water partition coefficient (Wildman–Crippen LogP) is -1.13. The molecule has 0 fully saturated rings. The van der Waals surface area contributed by atoms with Crippen molar-refractivity contribution in [3.05, 3.63) is 24.3 Å². The lowest BCUT2D eigenvalue weighted by molar-refractivity contribution is 0.426. The first-order chi connectivity index (χ1) is 4.70. The summed E-state index contributed by atoms with van der Waals surface area (Å²) in [5.74, 6) is 0. The molecule has 2 nitrogen and oxygen atoms in total. The molecule has 0 aliphatic heterocycles. The first-order valence-corrected chi connectivity index (χ1v) is 3.49. The molecule has 0 aromatic heterocycles. The van der Waals surface area contributed by atoms with Crippen LogP contribution >= 0.6 is 9.24 Å². The van der Waals surface area contributed by atoms with Gasteiger partial charge in [-0.05, 0) is 10.8 Å². The van der Waals surface area contributed by atoms with Crippen molar-refractivity contribution in [2.75, 3.05) is 0 Å². The highest BCUT2D eigenvalue weighted by Gasteiger charge is 2.08. The molecule has 1 aromatic rings. The van der Waals surface area contributed by atoms with Crippen LogP contribution in [0.25, 0.3) is 0 Å². The summed E-state index contributed by atoms with van der Waals surface area (Å²) in [6.45, 7) is 0. The van der Waals surface area contributed by atoms with Crippen molar-refractivity contribution in [2.45, 2.75) is 0 Å². The molecular weight excluding hydrogens is 146 g/mol.